The number of hydrogen-bond acceptors (Lipinski definition) is 3. The van der Waals surface area contributed by atoms with E-state index in [4.69, 9.17) is 17.3 Å². The van der Waals surface area contributed by atoms with Crippen molar-refractivity contribution in [3.05, 3.63) is 29.3 Å². The highest BCUT2D eigenvalue weighted by Crippen LogP contribution is 2.28. The lowest BCUT2D eigenvalue weighted by Crippen LogP contribution is -2.44. The molecule has 0 bridgehead atoms. The molecule has 0 aliphatic heterocycles. The maximum atomic E-state index is 12.9. The van der Waals surface area contributed by atoms with E-state index in [0.717, 1.165) is 32.1 Å². The normalized spacial score (nSPS) is 23.4. The quantitative estimate of drug-likeness (QED) is 0.902. The Balaban J connectivity index is 2.28. The highest BCUT2D eigenvalue weighted by atomic mass is 35.5. The van der Waals surface area contributed by atoms with Gasteiger partial charge >= 0.3 is 0 Å². The first-order chi connectivity index (χ1) is 9.95. The van der Waals surface area contributed by atoms with Crippen LogP contribution in [0, 0.1) is 0 Å². The van der Waals surface area contributed by atoms with Crippen LogP contribution < -0.4 is 5.73 Å². The van der Waals surface area contributed by atoms with Crippen LogP contribution in [0.25, 0.3) is 0 Å². The third kappa shape index (κ3) is 3.97. The van der Waals surface area contributed by atoms with Gasteiger partial charge < -0.3 is 5.73 Å². The molecule has 0 aromatic heterocycles. The van der Waals surface area contributed by atoms with Gasteiger partial charge in [0.1, 0.15) is 0 Å². The molecule has 2 N–H and O–H groups in total. The van der Waals surface area contributed by atoms with Crippen molar-refractivity contribution in [1.82, 2.24) is 4.31 Å². The summed E-state index contributed by atoms with van der Waals surface area (Å²) in [7, 11) is -3.49. The van der Waals surface area contributed by atoms with Crippen LogP contribution in [0.4, 0.5) is 0 Å². The molecule has 0 spiro atoms. The van der Waals surface area contributed by atoms with Crippen molar-refractivity contribution in [1.29, 1.82) is 0 Å². The summed E-state index contributed by atoms with van der Waals surface area (Å²) < 4.78 is 27.4. The summed E-state index contributed by atoms with van der Waals surface area (Å²) in [5.41, 5.74) is 5.93. The Hall–Kier alpha value is -0.620. The van der Waals surface area contributed by atoms with Crippen LogP contribution in [0.3, 0.4) is 0 Å². The first-order valence-corrected chi connectivity index (χ1v) is 9.30. The number of benzene rings is 1. The fraction of sp³-hybridized carbons (Fsp3) is 0.600. The van der Waals surface area contributed by atoms with Gasteiger partial charge in [-0.05, 0) is 50.3 Å². The number of nitrogens with two attached hydrogens (primary N) is 1. The van der Waals surface area contributed by atoms with Crippen molar-refractivity contribution in [2.75, 3.05) is 6.54 Å². The van der Waals surface area contributed by atoms with Crippen LogP contribution in [0.1, 0.15) is 39.0 Å². The van der Waals surface area contributed by atoms with Gasteiger partial charge in [-0.15, -0.1) is 0 Å². The van der Waals surface area contributed by atoms with Crippen molar-refractivity contribution >= 4 is 21.6 Å². The van der Waals surface area contributed by atoms with Gasteiger partial charge in [-0.2, -0.15) is 4.31 Å². The van der Waals surface area contributed by atoms with Crippen molar-refractivity contribution in [2.24, 2.45) is 5.73 Å². The van der Waals surface area contributed by atoms with Gasteiger partial charge in [-0.25, -0.2) is 8.42 Å². The first-order valence-electron chi connectivity index (χ1n) is 7.48. The molecule has 1 aromatic carbocycles. The second kappa shape index (κ2) is 7.09. The Morgan fingerprint density at radius 3 is 2.52 bits per heavy atom. The number of nitrogens with zero attached hydrogens (tertiary/aromatic N) is 1. The Morgan fingerprint density at radius 1 is 1.29 bits per heavy atom. The molecule has 0 heterocycles. The van der Waals surface area contributed by atoms with Gasteiger partial charge in [0, 0.05) is 23.7 Å². The Morgan fingerprint density at radius 2 is 1.95 bits per heavy atom. The van der Waals surface area contributed by atoms with Gasteiger partial charge in [0.25, 0.3) is 0 Å². The highest BCUT2D eigenvalue weighted by molar-refractivity contribution is 7.89. The minimum absolute atomic E-state index is 0.0498. The van der Waals surface area contributed by atoms with E-state index < -0.39 is 10.0 Å². The van der Waals surface area contributed by atoms with E-state index in [2.05, 4.69) is 0 Å². The smallest absolute Gasteiger partial charge is 0.243 e. The predicted octanol–water partition coefficient (Wildman–Crippen LogP) is 3.01. The molecule has 0 radical (unpaired) electrons. The largest absolute Gasteiger partial charge is 0.328 e. The monoisotopic (exact) mass is 330 g/mol. The molecule has 0 unspecified atom stereocenters. The molecule has 0 amide bonds. The van der Waals surface area contributed by atoms with Crippen LogP contribution in [0.2, 0.25) is 5.02 Å². The van der Waals surface area contributed by atoms with Crippen LogP contribution in [0.15, 0.2) is 29.2 Å². The number of sulfonamides is 1. The average molecular weight is 331 g/mol. The summed E-state index contributed by atoms with van der Waals surface area (Å²) in [6.45, 7) is 2.53. The SMILES string of the molecule is CCCN(C1CCC(N)CC1)S(=O)(=O)c1cccc(Cl)c1. The topological polar surface area (TPSA) is 63.4 Å². The molecule has 1 saturated carbocycles. The maximum Gasteiger partial charge on any atom is 0.243 e. The maximum absolute atomic E-state index is 12.9. The molecule has 118 valence electrons. The molecular weight excluding hydrogens is 308 g/mol. The summed E-state index contributed by atoms with van der Waals surface area (Å²) in [5.74, 6) is 0. The van der Waals surface area contributed by atoms with E-state index in [9.17, 15) is 8.42 Å². The second-order valence-electron chi connectivity index (χ2n) is 5.64. The zero-order chi connectivity index (χ0) is 15.5. The average Bonchev–Trinajstić information content (AvgIpc) is 2.46. The molecule has 21 heavy (non-hydrogen) atoms. The van der Waals surface area contributed by atoms with Gasteiger partial charge in [0.15, 0.2) is 0 Å². The van der Waals surface area contributed by atoms with Crippen LogP contribution >= 0.6 is 11.6 Å². The third-order valence-corrected chi connectivity index (χ3v) is 6.18. The van der Waals surface area contributed by atoms with Crippen molar-refractivity contribution in [3.63, 3.8) is 0 Å². The molecule has 6 heteroatoms. The first kappa shape index (κ1) is 16.7. The van der Waals surface area contributed by atoms with Crippen LogP contribution in [-0.4, -0.2) is 31.4 Å². The molecule has 0 atom stereocenters. The minimum Gasteiger partial charge on any atom is -0.328 e. The zero-order valence-electron chi connectivity index (χ0n) is 12.3. The third-order valence-electron chi connectivity index (χ3n) is 4.00. The minimum atomic E-state index is -3.49. The molecule has 0 saturated heterocycles. The van der Waals surface area contributed by atoms with Crippen LogP contribution in [-0.2, 0) is 10.0 Å². The van der Waals surface area contributed by atoms with Crippen LogP contribution in [0.5, 0.6) is 0 Å². The van der Waals surface area contributed by atoms with Crippen molar-refractivity contribution < 1.29 is 8.42 Å². The fourth-order valence-corrected chi connectivity index (χ4v) is 4.95. The summed E-state index contributed by atoms with van der Waals surface area (Å²) in [4.78, 5) is 0.276. The molecule has 1 fully saturated rings. The fourth-order valence-electron chi connectivity index (χ4n) is 2.87. The molecule has 1 aromatic rings. The number of rotatable bonds is 5. The highest BCUT2D eigenvalue weighted by Gasteiger charge is 2.33. The van der Waals surface area contributed by atoms with E-state index >= 15 is 0 Å². The predicted molar refractivity (Wildman–Crippen MR) is 85.9 cm³/mol. The molecule has 1 aliphatic carbocycles. The van der Waals surface area contributed by atoms with Gasteiger partial charge in [-0.3, -0.25) is 0 Å². The summed E-state index contributed by atoms with van der Waals surface area (Å²) in [6, 6.07) is 6.75. The van der Waals surface area contributed by atoms with Gasteiger partial charge in [0.05, 0.1) is 4.90 Å². The summed E-state index contributed by atoms with van der Waals surface area (Å²) in [5, 5.41) is 0.443. The number of halogens is 1. The van der Waals surface area contributed by atoms with Crippen molar-refractivity contribution in [2.45, 2.75) is 56.0 Å². The Bertz CT molecular complexity index is 569. The summed E-state index contributed by atoms with van der Waals surface area (Å²) in [6.07, 6.45) is 4.23. The second-order valence-corrected chi connectivity index (χ2v) is 7.97. The zero-order valence-corrected chi connectivity index (χ0v) is 13.9. The number of hydrogen-bond donors (Lipinski definition) is 1. The standard InChI is InChI=1S/C15H23ClN2O2S/c1-2-10-18(14-8-6-13(17)7-9-14)21(19,20)15-5-3-4-12(16)11-15/h3-5,11,13-14H,2,6-10,17H2,1H3. The molecule has 2 rings (SSSR count). The van der Waals surface area contributed by atoms with Crippen molar-refractivity contribution in [3.8, 4) is 0 Å². The lowest BCUT2D eigenvalue weighted by Gasteiger charge is -2.35. The van der Waals surface area contributed by atoms with E-state index in [1.807, 2.05) is 6.92 Å². The Labute approximate surface area is 132 Å². The van der Waals surface area contributed by atoms with E-state index in [-0.39, 0.29) is 17.0 Å². The molecule has 4 nitrogen and oxygen atoms in total. The van der Waals surface area contributed by atoms with E-state index in [0.29, 0.717) is 11.6 Å². The van der Waals surface area contributed by atoms with E-state index in [1.54, 1.807) is 22.5 Å². The lowest BCUT2D eigenvalue weighted by atomic mass is 9.92. The summed E-state index contributed by atoms with van der Waals surface area (Å²) >= 11 is 5.94. The molecule has 1 aliphatic rings. The molecular formula is C15H23ClN2O2S. The van der Waals surface area contributed by atoms with E-state index in [1.165, 1.54) is 6.07 Å². The Kier molecular flexibility index (Phi) is 5.66. The lowest BCUT2D eigenvalue weighted by molar-refractivity contribution is 0.240. The van der Waals surface area contributed by atoms with Gasteiger partial charge in [-0.1, -0.05) is 24.6 Å². The van der Waals surface area contributed by atoms with Gasteiger partial charge in [0.2, 0.25) is 10.0 Å².